The first kappa shape index (κ1) is 24.7. The van der Waals surface area contributed by atoms with Crippen molar-refractivity contribution >= 4 is 23.3 Å². The van der Waals surface area contributed by atoms with Crippen molar-refractivity contribution in [1.82, 2.24) is 24.8 Å². The predicted molar refractivity (Wildman–Crippen MR) is 141 cm³/mol. The van der Waals surface area contributed by atoms with Crippen molar-refractivity contribution < 1.29 is 14.6 Å². The van der Waals surface area contributed by atoms with E-state index >= 15 is 0 Å². The van der Waals surface area contributed by atoms with Gasteiger partial charge in [0, 0.05) is 25.2 Å². The maximum Gasteiger partial charge on any atom is 0.321 e. The van der Waals surface area contributed by atoms with Gasteiger partial charge < -0.3 is 19.3 Å². The number of imidazole rings is 1. The maximum absolute atomic E-state index is 11.8. The first-order valence-electron chi connectivity index (χ1n) is 11.9. The number of aliphatic carboxylic acids is 1. The van der Waals surface area contributed by atoms with Crippen LogP contribution in [0.3, 0.4) is 0 Å². The van der Waals surface area contributed by atoms with E-state index in [-0.39, 0.29) is 13.0 Å². The summed E-state index contributed by atoms with van der Waals surface area (Å²) in [4.78, 5) is 27.5. The Hall–Kier alpha value is -3.95. The molecule has 0 aliphatic carbocycles. The summed E-state index contributed by atoms with van der Waals surface area (Å²) in [6, 6.07) is 15.2. The fourth-order valence-corrected chi connectivity index (χ4v) is 4.89. The van der Waals surface area contributed by atoms with Crippen molar-refractivity contribution in [3.8, 4) is 17.0 Å². The Balaban J connectivity index is 1.35. The second kappa shape index (κ2) is 10.6. The van der Waals surface area contributed by atoms with Gasteiger partial charge in [0.1, 0.15) is 11.9 Å². The van der Waals surface area contributed by atoms with E-state index in [2.05, 4.69) is 20.2 Å². The number of carboxylic acids is 1. The lowest BCUT2D eigenvalue weighted by Gasteiger charge is -2.20. The number of carbonyl (C=O) groups is 1. The van der Waals surface area contributed by atoms with Crippen LogP contribution < -0.4 is 15.0 Å². The van der Waals surface area contributed by atoms with Crippen LogP contribution in [0.1, 0.15) is 22.8 Å². The lowest BCUT2D eigenvalue weighted by atomic mass is 10.0. The molecule has 190 valence electrons. The Morgan fingerprint density at radius 2 is 1.97 bits per heavy atom. The van der Waals surface area contributed by atoms with Crippen LogP contribution >= 0.6 is 11.6 Å². The molecule has 2 aromatic carbocycles. The smallest absolute Gasteiger partial charge is 0.321 e. The summed E-state index contributed by atoms with van der Waals surface area (Å²) in [5.41, 5.74) is 5.35. The predicted octanol–water partition coefficient (Wildman–Crippen LogP) is 3.84. The average molecular weight is 519 g/mol. The van der Waals surface area contributed by atoms with Gasteiger partial charge in [-0.3, -0.25) is 10.1 Å². The molecular weight excluding hydrogens is 492 g/mol. The van der Waals surface area contributed by atoms with Gasteiger partial charge in [0.15, 0.2) is 0 Å². The van der Waals surface area contributed by atoms with Crippen LogP contribution in [0.2, 0.25) is 5.02 Å². The van der Waals surface area contributed by atoms with E-state index in [1.807, 2.05) is 55.6 Å². The van der Waals surface area contributed by atoms with Crippen LogP contribution in [0.15, 0.2) is 61.1 Å². The topological polar surface area (TPSA) is 105 Å². The number of methoxy groups -OCH3 is 1. The van der Waals surface area contributed by atoms with Crippen molar-refractivity contribution in [3.63, 3.8) is 0 Å². The Morgan fingerprint density at radius 3 is 2.68 bits per heavy atom. The van der Waals surface area contributed by atoms with Crippen LogP contribution in [0, 0.1) is 0 Å². The standard InChI is InChI=1S/C27H27ClN6O3/c1-33-13-18(30-16-33)11-21(27(35)36)29-12-24-31-22-15-34(14-20(22)26(32-24)37-2)23-10-6-9-19(25(23)28)17-7-4-3-5-8-17/h3-10,13,16,21,29H,11-12,14-15H2,1-2H3,(H,35,36). The molecule has 0 saturated heterocycles. The highest BCUT2D eigenvalue weighted by molar-refractivity contribution is 6.36. The van der Waals surface area contributed by atoms with E-state index in [0.717, 1.165) is 28.1 Å². The van der Waals surface area contributed by atoms with E-state index in [1.165, 1.54) is 0 Å². The molecule has 37 heavy (non-hydrogen) atoms. The molecule has 1 aliphatic rings. The minimum Gasteiger partial charge on any atom is -0.481 e. The van der Waals surface area contributed by atoms with E-state index in [4.69, 9.17) is 21.3 Å². The summed E-state index contributed by atoms with van der Waals surface area (Å²) in [6.07, 6.45) is 3.71. The highest BCUT2D eigenvalue weighted by Crippen LogP contribution is 2.40. The quantitative estimate of drug-likeness (QED) is 0.344. The van der Waals surface area contributed by atoms with Crippen LogP contribution in [0.4, 0.5) is 5.69 Å². The van der Waals surface area contributed by atoms with Gasteiger partial charge in [0.2, 0.25) is 5.88 Å². The number of hydrogen-bond acceptors (Lipinski definition) is 7. The molecule has 2 N–H and O–H groups in total. The van der Waals surface area contributed by atoms with Crippen LogP contribution in [-0.4, -0.2) is 43.7 Å². The highest BCUT2D eigenvalue weighted by Gasteiger charge is 2.28. The zero-order chi connectivity index (χ0) is 25.9. The molecule has 1 atom stereocenters. The fraction of sp³-hybridized carbons (Fsp3) is 0.259. The molecule has 0 spiro atoms. The van der Waals surface area contributed by atoms with Crippen LogP contribution in [0.25, 0.3) is 11.1 Å². The van der Waals surface area contributed by atoms with Gasteiger partial charge in [0.25, 0.3) is 0 Å². The minimum atomic E-state index is -0.960. The number of nitrogens with zero attached hydrogens (tertiary/aromatic N) is 5. The molecule has 9 nitrogen and oxygen atoms in total. The number of nitrogens with one attached hydrogen (secondary N) is 1. The molecule has 3 heterocycles. The molecule has 5 rings (SSSR count). The molecule has 2 aromatic heterocycles. The van der Waals surface area contributed by atoms with Crippen LogP contribution in [-0.2, 0) is 37.9 Å². The zero-order valence-corrected chi connectivity index (χ0v) is 21.3. The Labute approximate surface area is 219 Å². The summed E-state index contributed by atoms with van der Waals surface area (Å²) in [7, 11) is 3.42. The Bertz CT molecular complexity index is 1430. The average Bonchev–Trinajstić information content (AvgIpc) is 3.52. The third-order valence-electron chi connectivity index (χ3n) is 6.36. The van der Waals surface area contributed by atoms with Crippen molar-refractivity contribution in [1.29, 1.82) is 0 Å². The van der Waals surface area contributed by atoms with E-state index in [1.54, 1.807) is 24.2 Å². The van der Waals surface area contributed by atoms with Gasteiger partial charge in [-0.25, -0.2) is 9.97 Å². The van der Waals surface area contributed by atoms with Gasteiger partial charge in [-0.2, -0.15) is 4.98 Å². The number of aryl methyl sites for hydroxylation is 1. The van der Waals surface area contributed by atoms with Gasteiger partial charge in [-0.1, -0.05) is 54.1 Å². The molecule has 0 fully saturated rings. The summed E-state index contributed by atoms with van der Waals surface area (Å²) < 4.78 is 7.38. The lowest BCUT2D eigenvalue weighted by molar-refractivity contribution is -0.139. The number of benzene rings is 2. The number of rotatable bonds is 9. The molecule has 0 bridgehead atoms. The molecule has 0 saturated carbocycles. The summed E-state index contributed by atoms with van der Waals surface area (Å²) >= 11 is 6.87. The first-order chi connectivity index (χ1) is 17.9. The van der Waals surface area contributed by atoms with E-state index < -0.39 is 12.0 Å². The molecule has 1 unspecified atom stereocenters. The number of carboxylic acid groups (broad SMARTS) is 1. The van der Waals surface area contributed by atoms with Crippen LogP contribution in [0.5, 0.6) is 5.88 Å². The second-order valence-corrected chi connectivity index (χ2v) is 9.32. The summed E-state index contributed by atoms with van der Waals surface area (Å²) in [5, 5.41) is 13.4. The minimum absolute atomic E-state index is 0.178. The monoisotopic (exact) mass is 518 g/mol. The molecule has 0 amide bonds. The lowest BCUT2D eigenvalue weighted by Crippen LogP contribution is -2.38. The molecule has 4 aromatic rings. The third kappa shape index (κ3) is 5.28. The number of hydrogen-bond donors (Lipinski definition) is 2. The SMILES string of the molecule is COc1nc(CNC(Cc2cn(C)cn2)C(=O)O)nc2c1CN(c1cccc(-c3ccccc3)c1Cl)C2. The molecule has 10 heteroatoms. The zero-order valence-electron chi connectivity index (χ0n) is 20.6. The van der Waals surface area contributed by atoms with Crippen molar-refractivity contribution in [3.05, 3.63) is 88.9 Å². The number of halogens is 1. The van der Waals surface area contributed by atoms with Crippen molar-refractivity contribution in [2.45, 2.75) is 32.1 Å². The third-order valence-corrected chi connectivity index (χ3v) is 6.76. The van der Waals surface area contributed by atoms with Crippen molar-refractivity contribution in [2.24, 2.45) is 7.05 Å². The van der Waals surface area contributed by atoms with E-state index in [0.29, 0.717) is 35.5 Å². The van der Waals surface area contributed by atoms with E-state index in [9.17, 15) is 9.90 Å². The summed E-state index contributed by atoms with van der Waals surface area (Å²) in [6.45, 7) is 1.27. The number of aromatic nitrogens is 4. The second-order valence-electron chi connectivity index (χ2n) is 8.94. The molecule has 1 aliphatic heterocycles. The number of anilines is 1. The number of ether oxygens (including phenoxy) is 1. The van der Waals surface area contributed by atoms with Gasteiger partial charge >= 0.3 is 5.97 Å². The fourth-order valence-electron chi connectivity index (χ4n) is 4.54. The summed E-state index contributed by atoms with van der Waals surface area (Å²) in [5.74, 6) is -0.0111. The van der Waals surface area contributed by atoms with Gasteiger partial charge in [-0.05, 0) is 11.6 Å². The number of fused-ring (bicyclic) bond motifs is 1. The normalized spacial score (nSPS) is 13.4. The first-order valence-corrected chi connectivity index (χ1v) is 12.2. The van der Waals surface area contributed by atoms with Gasteiger partial charge in [0.05, 0.1) is 60.7 Å². The highest BCUT2D eigenvalue weighted by atomic mass is 35.5. The molecule has 0 radical (unpaired) electrons. The molecular formula is C27H27ClN6O3. The van der Waals surface area contributed by atoms with Crippen molar-refractivity contribution in [2.75, 3.05) is 12.0 Å². The van der Waals surface area contributed by atoms with Gasteiger partial charge in [-0.15, -0.1) is 0 Å². The maximum atomic E-state index is 11.8. The largest absolute Gasteiger partial charge is 0.481 e. The Morgan fingerprint density at radius 1 is 1.16 bits per heavy atom. The Kier molecular flexibility index (Phi) is 7.07.